The van der Waals surface area contributed by atoms with Crippen LogP contribution in [0.5, 0.6) is 0 Å². The molecule has 5 aromatic rings. The van der Waals surface area contributed by atoms with Gasteiger partial charge in [0.25, 0.3) is 0 Å². The Morgan fingerprint density at radius 3 is 1.84 bits per heavy atom. The minimum atomic E-state index is -1.86. The van der Waals surface area contributed by atoms with Crippen molar-refractivity contribution in [3.63, 3.8) is 0 Å². The van der Waals surface area contributed by atoms with Crippen LogP contribution in [0.2, 0.25) is 32.2 Å². The first-order valence-electron chi connectivity index (χ1n) is 22.7. The summed E-state index contributed by atoms with van der Waals surface area (Å²) < 4.78 is 0. The lowest BCUT2D eigenvalue weighted by Crippen LogP contribution is -2.58. The Morgan fingerprint density at radius 2 is 1.16 bits per heavy atom. The molecular formula is C59H60N2Si2. The molecule has 0 bridgehead atoms. The summed E-state index contributed by atoms with van der Waals surface area (Å²) in [7, 11) is -3.54. The number of rotatable bonds is 9. The maximum atomic E-state index is 4.50. The lowest BCUT2D eigenvalue weighted by molar-refractivity contribution is 0.550. The van der Waals surface area contributed by atoms with Crippen molar-refractivity contribution in [2.75, 3.05) is 16.3 Å². The van der Waals surface area contributed by atoms with Crippen LogP contribution in [0.15, 0.2) is 213 Å². The number of nitrogens with zero attached hydrogens (tertiary/aromatic N) is 2. The third-order valence-electron chi connectivity index (χ3n) is 14.2. The zero-order chi connectivity index (χ0) is 43.9. The van der Waals surface area contributed by atoms with Gasteiger partial charge < -0.3 is 9.80 Å². The van der Waals surface area contributed by atoms with Gasteiger partial charge >= 0.3 is 0 Å². The molecule has 0 atom stereocenters. The van der Waals surface area contributed by atoms with Gasteiger partial charge in [0.1, 0.15) is 8.07 Å². The monoisotopic (exact) mass is 852 g/mol. The van der Waals surface area contributed by atoms with Gasteiger partial charge in [-0.3, -0.25) is 0 Å². The van der Waals surface area contributed by atoms with E-state index in [9.17, 15) is 0 Å². The summed E-state index contributed by atoms with van der Waals surface area (Å²) in [5.41, 5.74) is 15.7. The summed E-state index contributed by atoms with van der Waals surface area (Å²) in [6, 6.07) is 42.5. The van der Waals surface area contributed by atoms with Crippen molar-refractivity contribution >= 4 is 60.5 Å². The second kappa shape index (κ2) is 16.8. The molecule has 1 saturated carbocycles. The number of para-hydroxylation sites is 3. The van der Waals surface area contributed by atoms with Crippen LogP contribution in [0.4, 0.5) is 22.7 Å². The summed E-state index contributed by atoms with van der Waals surface area (Å²) in [6.07, 6.45) is 26.2. The normalized spacial score (nSPS) is 17.7. The van der Waals surface area contributed by atoms with Crippen LogP contribution in [-0.4, -0.2) is 22.7 Å². The highest BCUT2D eigenvalue weighted by atomic mass is 28.3. The van der Waals surface area contributed by atoms with Crippen molar-refractivity contribution < 1.29 is 0 Å². The van der Waals surface area contributed by atoms with Gasteiger partial charge in [-0.2, -0.15) is 0 Å². The second-order valence-electron chi connectivity index (χ2n) is 19.0. The molecule has 1 fully saturated rings. The standard InChI is InChI=1S/C59H60N2Si2/c1-43(27-29-44(2)45(3)30-31-46(4)60-39-19-9-10-20-40-62(5,6)56-24-14-11-21-53(56)60)28-32-47-33-35-49-50-36-34-48(42-52(50)59(51(49)41-47)37-17-18-38-59)61-54-22-12-15-25-57(54)63(7,8)58-26-16-13-23-55(58)61/h9-16,19-36,41-42H,1-4,17-18,37-40H2,5-8H3. The van der Waals surface area contributed by atoms with Gasteiger partial charge in [-0.05, 0) is 115 Å². The number of hydrogen-bond donors (Lipinski definition) is 0. The molecule has 2 aliphatic carbocycles. The summed E-state index contributed by atoms with van der Waals surface area (Å²) in [5.74, 6) is 0. The molecule has 4 aliphatic rings. The van der Waals surface area contributed by atoms with E-state index in [-0.39, 0.29) is 5.41 Å². The van der Waals surface area contributed by atoms with Crippen molar-refractivity contribution in [2.24, 2.45) is 0 Å². The Balaban J connectivity index is 0.912. The average Bonchev–Trinajstić information content (AvgIpc) is 3.89. The number of fused-ring (bicyclic) bond motifs is 8. The predicted octanol–water partition coefficient (Wildman–Crippen LogP) is 14.0. The number of hydrogen-bond acceptors (Lipinski definition) is 2. The van der Waals surface area contributed by atoms with E-state index < -0.39 is 16.1 Å². The minimum Gasteiger partial charge on any atom is -0.338 e. The first-order chi connectivity index (χ1) is 30.4. The maximum absolute atomic E-state index is 4.50. The Morgan fingerprint density at radius 1 is 0.587 bits per heavy atom. The molecule has 1 spiro atoms. The van der Waals surface area contributed by atoms with Crippen LogP contribution in [0.3, 0.4) is 0 Å². The molecule has 2 aliphatic heterocycles. The molecular weight excluding hydrogens is 793 g/mol. The third kappa shape index (κ3) is 7.70. The largest absolute Gasteiger partial charge is 0.338 e. The quantitative estimate of drug-likeness (QED) is 0.108. The van der Waals surface area contributed by atoms with Crippen molar-refractivity contribution in [1.29, 1.82) is 0 Å². The van der Waals surface area contributed by atoms with Crippen molar-refractivity contribution in [1.82, 2.24) is 0 Å². The van der Waals surface area contributed by atoms with Gasteiger partial charge in [0.05, 0.1) is 8.07 Å². The average molecular weight is 853 g/mol. The van der Waals surface area contributed by atoms with Crippen molar-refractivity contribution in [3.8, 4) is 11.1 Å². The van der Waals surface area contributed by atoms with Crippen molar-refractivity contribution in [2.45, 2.75) is 63.3 Å². The van der Waals surface area contributed by atoms with Crippen LogP contribution in [-0.2, 0) is 5.41 Å². The highest BCUT2D eigenvalue weighted by Gasteiger charge is 2.46. The summed E-state index contributed by atoms with van der Waals surface area (Å²) in [4.78, 5) is 4.85. The number of benzene rings is 5. The first-order valence-corrected chi connectivity index (χ1v) is 28.9. The topological polar surface area (TPSA) is 6.48 Å². The predicted molar refractivity (Wildman–Crippen MR) is 280 cm³/mol. The lowest BCUT2D eigenvalue weighted by atomic mass is 9.76. The van der Waals surface area contributed by atoms with Gasteiger partial charge in [0.2, 0.25) is 0 Å². The van der Waals surface area contributed by atoms with Crippen LogP contribution in [0.1, 0.15) is 42.4 Å². The Bertz CT molecular complexity index is 2780. The molecule has 2 nitrogen and oxygen atoms in total. The van der Waals surface area contributed by atoms with Crippen LogP contribution in [0.25, 0.3) is 17.2 Å². The van der Waals surface area contributed by atoms with E-state index in [2.05, 4.69) is 214 Å². The molecule has 0 amide bonds. The van der Waals surface area contributed by atoms with E-state index in [1.165, 1.54) is 91.8 Å². The molecule has 0 aromatic heterocycles. The van der Waals surface area contributed by atoms with Crippen LogP contribution >= 0.6 is 0 Å². The fourth-order valence-corrected chi connectivity index (χ4v) is 16.0. The van der Waals surface area contributed by atoms with Gasteiger partial charge in [0.15, 0.2) is 0 Å². The van der Waals surface area contributed by atoms with E-state index >= 15 is 0 Å². The van der Waals surface area contributed by atoms with E-state index in [1.807, 2.05) is 18.2 Å². The number of allylic oxidation sites excluding steroid dienone is 11. The Kier molecular flexibility index (Phi) is 11.2. The van der Waals surface area contributed by atoms with E-state index in [1.54, 1.807) is 0 Å². The molecule has 314 valence electrons. The number of anilines is 4. The molecule has 2 heterocycles. The SMILES string of the molecule is C=C(C=CC(=C)C(=C)C=CC(=C)N1CC=CC=CC[Si](C)(C)c2ccccc21)C=Cc1ccc2c(c1)C1(CCCC1)c1cc(N3c4ccccc4[Si](C)(C)c4ccccc43)ccc1-2. The van der Waals surface area contributed by atoms with E-state index in [0.717, 1.165) is 35.0 Å². The van der Waals surface area contributed by atoms with Crippen LogP contribution < -0.4 is 25.4 Å². The lowest BCUT2D eigenvalue weighted by Gasteiger charge is -2.41. The fraction of sp³-hybridized carbons (Fsp3) is 0.186. The molecule has 5 aromatic carbocycles. The van der Waals surface area contributed by atoms with Gasteiger partial charge in [-0.25, -0.2) is 0 Å². The van der Waals surface area contributed by atoms with E-state index in [4.69, 9.17) is 0 Å². The molecule has 0 saturated heterocycles. The molecule has 0 N–H and O–H groups in total. The first kappa shape index (κ1) is 42.1. The summed E-state index contributed by atoms with van der Waals surface area (Å²) >= 11 is 0. The second-order valence-corrected chi connectivity index (χ2v) is 28.0. The molecule has 4 heteroatoms. The highest BCUT2D eigenvalue weighted by Crippen LogP contribution is 2.58. The fourth-order valence-electron chi connectivity index (χ4n) is 10.6. The highest BCUT2D eigenvalue weighted by molar-refractivity contribution is 7.02. The summed E-state index contributed by atoms with van der Waals surface area (Å²) in [5, 5.41) is 4.45. The van der Waals surface area contributed by atoms with Crippen LogP contribution in [0, 0.1) is 0 Å². The maximum Gasteiger partial charge on any atom is 0.117 e. The molecule has 63 heavy (non-hydrogen) atoms. The molecule has 0 radical (unpaired) electrons. The minimum absolute atomic E-state index is 0.0299. The molecule has 9 rings (SSSR count). The zero-order valence-electron chi connectivity index (χ0n) is 37.6. The van der Waals surface area contributed by atoms with Gasteiger partial charge in [-0.15, -0.1) is 0 Å². The van der Waals surface area contributed by atoms with E-state index in [0.29, 0.717) is 0 Å². The summed E-state index contributed by atoms with van der Waals surface area (Å²) in [6.45, 7) is 28.2. The molecule has 0 unspecified atom stereocenters. The van der Waals surface area contributed by atoms with Crippen molar-refractivity contribution in [3.05, 3.63) is 229 Å². The Hall–Kier alpha value is -6.21. The Labute approximate surface area is 378 Å². The third-order valence-corrected chi connectivity index (χ3v) is 20.8. The van der Waals surface area contributed by atoms with Gasteiger partial charge in [-0.1, -0.05) is 199 Å². The van der Waals surface area contributed by atoms with Gasteiger partial charge in [0, 0.05) is 40.4 Å². The zero-order valence-corrected chi connectivity index (χ0v) is 39.6. The smallest absolute Gasteiger partial charge is 0.117 e.